The Hall–Kier alpha value is -0.480. The van der Waals surface area contributed by atoms with Crippen molar-refractivity contribution in [3.8, 4) is 0 Å². The maximum Gasteiger partial charge on any atom is 0.230 e. The summed E-state index contributed by atoms with van der Waals surface area (Å²) >= 11 is 1.80. The van der Waals surface area contributed by atoms with Crippen LogP contribution in [0.4, 0.5) is 0 Å². The molecule has 13 heavy (non-hydrogen) atoms. The molecule has 3 heterocycles. The second kappa shape index (κ2) is 2.75. The topological polar surface area (TPSA) is 29.5 Å². The molecule has 3 nitrogen and oxygen atoms in total. The minimum atomic E-state index is 0.255. The highest BCUT2D eigenvalue weighted by Crippen LogP contribution is 2.44. The highest BCUT2D eigenvalue weighted by Gasteiger charge is 2.42. The molecule has 0 bridgehead atoms. The Labute approximate surface area is 81.1 Å². The Morgan fingerprint density at radius 3 is 3.15 bits per heavy atom. The van der Waals surface area contributed by atoms with E-state index in [2.05, 4.69) is 0 Å². The van der Waals surface area contributed by atoms with Crippen molar-refractivity contribution < 1.29 is 9.53 Å². The highest BCUT2D eigenvalue weighted by molar-refractivity contribution is 8.04. The van der Waals surface area contributed by atoms with Gasteiger partial charge in [-0.1, -0.05) is 0 Å². The standard InChI is InChI=1S/C9H11NO2S/c11-8-4-9-10(8)5-7(13-9)6-2-1-3-12-6/h5-6,9H,1-4H2/t6-,9-/m1/s1. The number of nitrogens with zero attached hydrogens (tertiary/aromatic N) is 1. The van der Waals surface area contributed by atoms with Gasteiger partial charge in [0.1, 0.15) is 0 Å². The van der Waals surface area contributed by atoms with Gasteiger partial charge in [-0.25, -0.2) is 0 Å². The molecule has 4 heteroatoms. The van der Waals surface area contributed by atoms with Gasteiger partial charge in [0, 0.05) is 17.7 Å². The van der Waals surface area contributed by atoms with Crippen LogP contribution in [0.3, 0.4) is 0 Å². The molecule has 0 aromatic heterocycles. The molecule has 0 N–H and O–H groups in total. The van der Waals surface area contributed by atoms with Crippen LogP contribution in [0.2, 0.25) is 0 Å². The van der Waals surface area contributed by atoms with Crippen molar-refractivity contribution in [2.75, 3.05) is 6.61 Å². The van der Waals surface area contributed by atoms with E-state index in [0.29, 0.717) is 11.8 Å². The Bertz CT molecular complexity index is 283. The summed E-state index contributed by atoms with van der Waals surface area (Å²) in [4.78, 5) is 14.2. The average Bonchev–Trinajstić information content (AvgIpc) is 2.69. The SMILES string of the molecule is O=C1C[C@H]2SC([C@H]3CCCO3)=CN12. The summed E-state index contributed by atoms with van der Waals surface area (Å²) in [7, 11) is 0. The van der Waals surface area contributed by atoms with E-state index in [0.717, 1.165) is 19.4 Å². The van der Waals surface area contributed by atoms with Crippen LogP contribution in [0.25, 0.3) is 0 Å². The maximum atomic E-state index is 11.1. The molecule has 3 aliphatic rings. The van der Waals surface area contributed by atoms with E-state index < -0.39 is 0 Å². The van der Waals surface area contributed by atoms with Gasteiger partial charge in [-0.2, -0.15) is 0 Å². The summed E-state index contributed by atoms with van der Waals surface area (Å²) < 4.78 is 5.57. The van der Waals surface area contributed by atoms with Gasteiger partial charge in [-0.15, -0.1) is 11.8 Å². The molecule has 3 rings (SSSR count). The number of rotatable bonds is 1. The first-order chi connectivity index (χ1) is 6.34. The molecular weight excluding hydrogens is 186 g/mol. The normalized spacial score (nSPS) is 37.4. The summed E-state index contributed by atoms with van der Waals surface area (Å²) in [5.74, 6) is 0.255. The fourth-order valence-corrected chi connectivity index (χ4v) is 3.28. The summed E-state index contributed by atoms with van der Waals surface area (Å²) in [5.41, 5.74) is 0. The molecule has 0 aromatic rings. The fourth-order valence-electron chi connectivity index (χ4n) is 1.94. The number of hydrogen-bond acceptors (Lipinski definition) is 3. The van der Waals surface area contributed by atoms with Crippen molar-refractivity contribution in [3.05, 3.63) is 11.1 Å². The minimum absolute atomic E-state index is 0.255. The van der Waals surface area contributed by atoms with Gasteiger partial charge in [-0.3, -0.25) is 4.79 Å². The van der Waals surface area contributed by atoms with E-state index in [1.807, 2.05) is 11.1 Å². The summed E-state index contributed by atoms with van der Waals surface area (Å²) in [6, 6.07) is 0. The van der Waals surface area contributed by atoms with Gasteiger partial charge >= 0.3 is 0 Å². The third-order valence-electron chi connectivity index (χ3n) is 2.73. The molecular formula is C9H11NO2S. The van der Waals surface area contributed by atoms with Crippen molar-refractivity contribution in [1.82, 2.24) is 4.90 Å². The number of hydrogen-bond donors (Lipinski definition) is 0. The first kappa shape index (κ1) is 7.88. The molecule has 2 fully saturated rings. The minimum Gasteiger partial charge on any atom is -0.373 e. The smallest absolute Gasteiger partial charge is 0.230 e. The Morgan fingerprint density at radius 1 is 1.62 bits per heavy atom. The van der Waals surface area contributed by atoms with Gasteiger partial charge in [0.05, 0.1) is 17.9 Å². The zero-order valence-electron chi connectivity index (χ0n) is 7.23. The van der Waals surface area contributed by atoms with Crippen LogP contribution in [0, 0.1) is 0 Å². The summed E-state index contributed by atoms with van der Waals surface area (Å²) in [6.07, 6.45) is 5.24. The number of ether oxygens (including phenoxy) is 1. The van der Waals surface area contributed by atoms with E-state index in [9.17, 15) is 4.79 Å². The van der Waals surface area contributed by atoms with Crippen molar-refractivity contribution >= 4 is 17.7 Å². The van der Waals surface area contributed by atoms with Crippen LogP contribution in [0.15, 0.2) is 11.1 Å². The lowest BCUT2D eigenvalue weighted by Gasteiger charge is -2.31. The van der Waals surface area contributed by atoms with E-state index in [1.165, 1.54) is 4.91 Å². The van der Waals surface area contributed by atoms with Crippen molar-refractivity contribution in [2.24, 2.45) is 0 Å². The third kappa shape index (κ3) is 1.12. The molecule has 0 unspecified atom stereocenters. The Balaban J connectivity index is 1.75. The molecule has 2 atom stereocenters. The lowest BCUT2D eigenvalue weighted by molar-refractivity contribution is -0.137. The molecule has 70 valence electrons. The van der Waals surface area contributed by atoms with Crippen LogP contribution >= 0.6 is 11.8 Å². The summed E-state index contributed by atoms with van der Waals surface area (Å²) in [5, 5.41) is 0.395. The summed E-state index contributed by atoms with van der Waals surface area (Å²) in [6.45, 7) is 0.876. The zero-order valence-corrected chi connectivity index (χ0v) is 8.05. The van der Waals surface area contributed by atoms with Crippen LogP contribution in [0.1, 0.15) is 19.3 Å². The number of carbonyl (C=O) groups excluding carboxylic acids is 1. The molecule has 3 aliphatic heterocycles. The zero-order chi connectivity index (χ0) is 8.84. The molecule has 2 saturated heterocycles. The second-order valence-corrected chi connectivity index (χ2v) is 4.86. The fraction of sp³-hybridized carbons (Fsp3) is 0.667. The average molecular weight is 197 g/mol. The number of carbonyl (C=O) groups is 1. The second-order valence-electron chi connectivity index (χ2n) is 3.61. The molecule has 0 saturated carbocycles. The van der Waals surface area contributed by atoms with Gasteiger partial charge < -0.3 is 9.64 Å². The van der Waals surface area contributed by atoms with Crippen LogP contribution in [0.5, 0.6) is 0 Å². The van der Waals surface area contributed by atoms with Crippen LogP contribution < -0.4 is 0 Å². The Kier molecular flexibility index (Phi) is 1.67. The van der Waals surface area contributed by atoms with Gasteiger partial charge in [0.15, 0.2) is 0 Å². The van der Waals surface area contributed by atoms with Crippen LogP contribution in [-0.4, -0.2) is 28.9 Å². The number of amides is 1. The van der Waals surface area contributed by atoms with E-state index >= 15 is 0 Å². The first-order valence-electron chi connectivity index (χ1n) is 4.66. The predicted molar refractivity (Wildman–Crippen MR) is 49.9 cm³/mol. The molecule has 0 spiro atoms. The van der Waals surface area contributed by atoms with Crippen molar-refractivity contribution in [1.29, 1.82) is 0 Å². The predicted octanol–water partition coefficient (Wildman–Crippen LogP) is 1.31. The third-order valence-corrected chi connectivity index (χ3v) is 4.04. The number of β-lactam (4-membered cyclic amide) rings is 1. The number of fused-ring (bicyclic) bond motifs is 1. The quantitative estimate of drug-likeness (QED) is 0.594. The molecule has 0 aliphatic carbocycles. The van der Waals surface area contributed by atoms with Gasteiger partial charge in [0.25, 0.3) is 0 Å². The van der Waals surface area contributed by atoms with Gasteiger partial charge in [-0.05, 0) is 12.8 Å². The lowest BCUT2D eigenvalue weighted by atomic mass is 10.2. The van der Waals surface area contributed by atoms with E-state index in [-0.39, 0.29) is 12.0 Å². The highest BCUT2D eigenvalue weighted by atomic mass is 32.2. The molecule has 0 radical (unpaired) electrons. The Morgan fingerprint density at radius 2 is 2.54 bits per heavy atom. The lowest BCUT2D eigenvalue weighted by Crippen LogP contribution is -2.44. The maximum absolute atomic E-state index is 11.1. The monoisotopic (exact) mass is 197 g/mol. The van der Waals surface area contributed by atoms with Gasteiger partial charge in [0.2, 0.25) is 5.91 Å². The van der Waals surface area contributed by atoms with E-state index in [1.54, 1.807) is 11.8 Å². The van der Waals surface area contributed by atoms with Crippen molar-refractivity contribution in [3.63, 3.8) is 0 Å². The first-order valence-corrected chi connectivity index (χ1v) is 5.54. The molecule has 0 aromatic carbocycles. The van der Waals surface area contributed by atoms with Crippen molar-refractivity contribution in [2.45, 2.75) is 30.7 Å². The molecule has 1 amide bonds. The van der Waals surface area contributed by atoms with Crippen LogP contribution in [-0.2, 0) is 9.53 Å². The van der Waals surface area contributed by atoms with E-state index in [4.69, 9.17) is 4.74 Å². The number of thioether (sulfide) groups is 1. The largest absolute Gasteiger partial charge is 0.373 e.